The molecule has 0 bridgehead atoms. The second-order valence-electron chi connectivity index (χ2n) is 7.10. The van der Waals surface area contributed by atoms with Crippen LogP contribution in [0, 0.1) is 6.92 Å². The SMILES string of the molecule is CCC(=O)N(Cc1ccc(OC)cc1)Cc1cc2cc(C)ccc2n2nnnc12. The minimum Gasteiger partial charge on any atom is -0.497 e. The molecule has 0 radical (unpaired) electrons. The normalized spacial score (nSPS) is 11.1. The van der Waals surface area contributed by atoms with Gasteiger partial charge in [-0.1, -0.05) is 30.7 Å². The maximum Gasteiger partial charge on any atom is 0.222 e. The van der Waals surface area contributed by atoms with E-state index in [0.717, 1.165) is 33.3 Å². The Morgan fingerprint density at radius 2 is 1.90 bits per heavy atom. The summed E-state index contributed by atoms with van der Waals surface area (Å²) in [6, 6.07) is 16.0. The Hall–Kier alpha value is -3.48. The fourth-order valence-electron chi connectivity index (χ4n) is 3.51. The molecule has 0 fully saturated rings. The molecular formula is C22H23N5O2. The molecule has 0 aliphatic carbocycles. The number of methoxy groups -OCH3 is 1. The number of hydrogen-bond donors (Lipinski definition) is 0. The van der Waals surface area contributed by atoms with Crippen LogP contribution in [0.15, 0.2) is 48.5 Å². The summed E-state index contributed by atoms with van der Waals surface area (Å²) in [4.78, 5) is 14.5. The topological polar surface area (TPSA) is 72.6 Å². The first kappa shape index (κ1) is 18.9. The van der Waals surface area contributed by atoms with E-state index < -0.39 is 0 Å². The van der Waals surface area contributed by atoms with Crippen molar-refractivity contribution in [1.29, 1.82) is 0 Å². The lowest BCUT2D eigenvalue weighted by molar-refractivity contribution is -0.132. The zero-order valence-electron chi connectivity index (χ0n) is 16.8. The van der Waals surface area contributed by atoms with E-state index in [2.05, 4.69) is 34.6 Å². The number of ether oxygens (including phenoxy) is 1. The van der Waals surface area contributed by atoms with Gasteiger partial charge in [0.05, 0.1) is 12.6 Å². The molecule has 4 rings (SSSR count). The summed E-state index contributed by atoms with van der Waals surface area (Å²) in [5.41, 5.74) is 4.74. The smallest absolute Gasteiger partial charge is 0.222 e. The molecule has 0 aliphatic heterocycles. The minimum absolute atomic E-state index is 0.0794. The van der Waals surface area contributed by atoms with E-state index >= 15 is 0 Å². The van der Waals surface area contributed by atoms with Crippen molar-refractivity contribution in [2.75, 3.05) is 7.11 Å². The van der Waals surface area contributed by atoms with Crippen molar-refractivity contribution in [3.63, 3.8) is 0 Å². The van der Waals surface area contributed by atoms with Gasteiger partial charge in [0.25, 0.3) is 0 Å². The number of fused-ring (bicyclic) bond motifs is 3. The van der Waals surface area contributed by atoms with Crippen molar-refractivity contribution in [3.8, 4) is 5.75 Å². The number of tetrazole rings is 1. The Morgan fingerprint density at radius 1 is 1.10 bits per heavy atom. The highest BCUT2D eigenvalue weighted by atomic mass is 16.5. The van der Waals surface area contributed by atoms with Crippen molar-refractivity contribution in [2.24, 2.45) is 0 Å². The van der Waals surface area contributed by atoms with Crippen molar-refractivity contribution < 1.29 is 9.53 Å². The second-order valence-corrected chi connectivity index (χ2v) is 7.10. The van der Waals surface area contributed by atoms with Crippen LogP contribution >= 0.6 is 0 Å². The Bertz CT molecular complexity index is 1170. The molecule has 0 unspecified atom stereocenters. The van der Waals surface area contributed by atoms with Crippen LogP contribution in [0.2, 0.25) is 0 Å². The molecule has 0 spiro atoms. The van der Waals surface area contributed by atoms with Gasteiger partial charge in [0.1, 0.15) is 5.75 Å². The van der Waals surface area contributed by atoms with Gasteiger partial charge in [-0.25, -0.2) is 0 Å². The van der Waals surface area contributed by atoms with Gasteiger partial charge in [-0.05, 0) is 53.2 Å². The highest BCUT2D eigenvalue weighted by Crippen LogP contribution is 2.23. The van der Waals surface area contributed by atoms with Crippen LogP contribution < -0.4 is 4.74 Å². The van der Waals surface area contributed by atoms with Gasteiger partial charge in [0.2, 0.25) is 5.91 Å². The molecule has 2 aromatic heterocycles. The van der Waals surface area contributed by atoms with Crippen LogP contribution in [0.5, 0.6) is 5.75 Å². The number of pyridine rings is 1. The predicted octanol–water partition coefficient (Wildman–Crippen LogP) is 3.53. The molecule has 148 valence electrons. The number of nitrogens with zero attached hydrogens (tertiary/aromatic N) is 5. The van der Waals surface area contributed by atoms with Gasteiger partial charge in [0.15, 0.2) is 5.65 Å². The molecule has 7 heteroatoms. The van der Waals surface area contributed by atoms with Crippen molar-refractivity contribution >= 4 is 22.5 Å². The van der Waals surface area contributed by atoms with Crippen molar-refractivity contribution in [1.82, 2.24) is 24.9 Å². The standard InChI is InChI=1S/C22H23N5O2/c1-4-21(28)26(13-16-6-8-19(29-3)9-7-16)14-18-12-17-11-15(2)5-10-20(17)27-22(18)23-24-25-27/h5-12H,4,13-14H2,1-3H3. The molecule has 1 amide bonds. The van der Waals surface area contributed by atoms with Gasteiger partial charge in [-0.2, -0.15) is 4.52 Å². The average molecular weight is 389 g/mol. The van der Waals surface area contributed by atoms with E-state index in [1.54, 1.807) is 11.6 Å². The van der Waals surface area contributed by atoms with E-state index in [0.29, 0.717) is 25.2 Å². The lowest BCUT2D eigenvalue weighted by Gasteiger charge is -2.23. The van der Waals surface area contributed by atoms with E-state index in [1.807, 2.05) is 48.2 Å². The van der Waals surface area contributed by atoms with Gasteiger partial charge in [-0.15, -0.1) is 5.10 Å². The van der Waals surface area contributed by atoms with Crippen LogP contribution in [0.4, 0.5) is 0 Å². The van der Waals surface area contributed by atoms with Gasteiger partial charge < -0.3 is 9.64 Å². The molecule has 29 heavy (non-hydrogen) atoms. The fraction of sp³-hybridized carbons (Fsp3) is 0.273. The number of hydrogen-bond acceptors (Lipinski definition) is 5. The molecule has 4 aromatic rings. The van der Waals surface area contributed by atoms with Crippen molar-refractivity contribution in [3.05, 3.63) is 65.2 Å². The first-order valence-electron chi connectivity index (χ1n) is 9.60. The molecule has 0 aliphatic rings. The van der Waals surface area contributed by atoms with E-state index in [4.69, 9.17) is 4.74 Å². The summed E-state index contributed by atoms with van der Waals surface area (Å²) in [6.07, 6.45) is 0.435. The van der Waals surface area contributed by atoms with Crippen LogP contribution in [0.3, 0.4) is 0 Å². The zero-order chi connectivity index (χ0) is 20.4. The summed E-state index contributed by atoms with van der Waals surface area (Å²) in [6.45, 7) is 4.88. The molecular weight excluding hydrogens is 366 g/mol. The highest BCUT2D eigenvalue weighted by molar-refractivity contribution is 5.84. The third-order valence-corrected chi connectivity index (χ3v) is 5.05. The molecule has 2 aromatic carbocycles. The lowest BCUT2D eigenvalue weighted by Crippen LogP contribution is -2.29. The first-order chi connectivity index (χ1) is 14.1. The minimum atomic E-state index is 0.0794. The van der Waals surface area contributed by atoms with E-state index in [9.17, 15) is 4.79 Å². The summed E-state index contributed by atoms with van der Waals surface area (Å²) < 4.78 is 6.96. The second kappa shape index (κ2) is 7.87. The Morgan fingerprint density at radius 3 is 2.62 bits per heavy atom. The van der Waals surface area contributed by atoms with Crippen LogP contribution in [0.25, 0.3) is 16.6 Å². The quantitative estimate of drug-likeness (QED) is 0.504. The summed E-state index contributed by atoms with van der Waals surface area (Å²) in [5.74, 6) is 0.874. The summed E-state index contributed by atoms with van der Waals surface area (Å²) in [7, 11) is 1.64. The molecule has 0 saturated heterocycles. The number of rotatable bonds is 6. The first-order valence-corrected chi connectivity index (χ1v) is 9.60. The van der Waals surface area contributed by atoms with Gasteiger partial charge in [0, 0.05) is 30.5 Å². The number of aromatic nitrogens is 4. The molecule has 7 nitrogen and oxygen atoms in total. The third kappa shape index (κ3) is 3.76. The van der Waals surface area contributed by atoms with Crippen LogP contribution in [-0.2, 0) is 17.9 Å². The number of aryl methyl sites for hydroxylation is 1. The summed E-state index contributed by atoms with van der Waals surface area (Å²) in [5, 5.41) is 13.3. The maximum atomic E-state index is 12.7. The molecule has 0 N–H and O–H groups in total. The Balaban J connectivity index is 1.71. The summed E-state index contributed by atoms with van der Waals surface area (Å²) >= 11 is 0. The largest absolute Gasteiger partial charge is 0.497 e. The van der Waals surface area contributed by atoms with Gasteiger partial charge >= 0.3 is 0 Å². The predicted molar refractivity (Wildman–Crippen MR) is 111 cm³/mol. The molecule has 0 saturated carbocycles. The van der Waals surface area contributed by atoms with Gasteiger partial charge in [-0.3, -0.25) is 4.79 Å². The van der Waals surface area contributed by atoms with Crippen LogP contribution in [0.1, 0.15) is 30.0 Å². The number of benzene rings is 2. The molecule has 2 heterocycles. The number of amides is 1. The van der Waals surface area contributed by atoms with Crippen LogP contribution in [-0.4, -0.2) is 38.0 Å². The fourth-order valence-corrected chi connectivity index (χ4v) is 3.51. The zero-order valence-corrected chi connectivity index (χ0v) is 16.8. The lowest BCUT2D eigenvalue weighted by atomic mass is 10.1. The highest BCUT2D eigenvalue weighted by Gasteiger charge is 2.17. The average Bonchev–Trinajstić information content (AvgIpc) is 3.23. The third-order valence-electron chi connectivity index (χ3n) is 5.05. The van der Waals surface area contributed by atoms with E-state index in [1.165, 1.54) is 0 Å². The van der Waals surface area contributed by atoms with E-state index in [-0.39, 0.29) is 5.91 Å². The van der Waals surface area contributed by atoms with Crippen molar-refractivity contribution in [2.45, 2.75) is 33.4 Å². The number of carbonyl (C=O) groups is 1. The number of carbonyl (C=O) groups excluding carboxylic acids is 1. The molecule has 0 atom stereocenters. The maximum absolute atomic E-state index is 12.7. The Kier molecular flexibility index (Phi) is 5.12. The Labute approximate surface area is 168 Å². The monoisotopic (exact) mass is 389 g/mol.